The highest BCUT2D eigenvalue weighted by Gasteiger charge is 2.00. The number of benzene rings is 1. The number of hydrogen-bond donors (Lipinski definition) is 1. The number of nitrogens with zero attached hydrogens (tertiary/aromatic N) is 1. The Labute approximate surface area is 81.2 Å². The molecule has 12 heavy (non-hydrogen) atoms. The molecule has 5 heteroatoms. The summed E-state index contributed by atoms with van der Waals surface area (Å²) >= 11 is 3.26. The SMILES string of the molecule is CN(c1cccc(Br)c1)[SH](=O)=O. The maximum atomic E-state index is 10.6. The van der Waals surface area contributed by atoms with E-state index in [2.05, 4.69) is 15.9 Å². The quantitative estimate of drug-likeness (QED) is 0.806. The zero-order valence-corrected chi connectivity index (χ0v) is 8.88. The third-order valence-corrected chi connectivity index (χ3v) is 2.64. The molecule has 0 saturated heterocycles. The minimum absolute atomic E-state index is 0.653. The van der Waals surface area contributed by atoms with E-state index in [1.807, 2.05) is 6.07 Å². The highest BCUT2D eigenvalue weighted by molar-refractivity contribution is 9.10. The monoisotopic (exact) mass is 249 g/mol. The van der Waals surface area contributed by atoms with Gasteiger partial charge in [0, 0.05) is 11.5 Å². The second-order valence-electron chi connectivity index (χ2n) is 2.24. The minimum atomic E-state index is -2.54. The standard InChI is InChI=1S/C7H8BrNO2S/c1-9(12(10)11)7-4-2-3-6(8)5-7/h2-5,12H,1H3. The molecule has 0 saturated carbocycles. The molecule has 0 aliphatic rings. The molecule has 0 spiro atoms. The average Bonchev–Trinajstić information content (AvgIpc) is 2.03. The van der Waals surface area contributed by atoms with Crippen molar-refractivity contribution in [3.63, 3.8) is 0 Å². The Hall–Kier alpha value is -0.550. The second-order valence-corrected chi connectivity index (χ2v) is 4.23. The Morgan fingerprint density at radius 2 is 2.08 bits per heavy atom. The molecule has 1 aromatic rings. The summed E-state index contributed by atoms with van der Waals surface area (Å²) < 4.78 is 23.2. The van der Waals surface area contributed by atoms with Crippen molar-refractivity contribution in [2.75, 3.05) is 11.4 Å². The summed E-state index contributed by atoms with van der Waals surface area (Å²) in [5.74, 6) is 0. The van der Waals surface area contributed by atoms with Crippen LogP contribution in [0.2, 0.25) is 0 Å². The smallest absolute Gasteiger partial charge is 0.224 e. The molecule has 0 aromatic heterocycles. The van der Waals surface area contributed by atoms with Crippen molar-refractivity contribution in [3.05, 3.63) is 28.7 Å². The van der Waals surface area contributed by atoms with Gasteiger partial charge < -0.3 is 0 Å². The number of rotatable bonds is 2. The predicted octanol–water partition coefficient (Wildman–Crippen LogP) is 1.41. The minimum Gasteiger partial charge on any atom is -0.275 e. The highest BCUT2D eigenvalue weighted by atomic mass is 79.9. The van der Waals surface area contributed by atoms with Gasteiger partial charge in [0.05, 0.1) is 5.69 Å². The van der Waals surface area contributed by atoms with Gasteiger partial charge in [0.15, 0.2) is 0 Å². The maximum absolute atomic E-state index is 10.6. The lowest BCUT2D eigenvalue weighted by molar-refractivity contribution is 0.613. The largest absolute Gasteiger partial charge is 0.275 e. The molecular weight excluding hydrogens is 242 g/mol. The first-order valence-electron chi connectivity index (χ1n) is 3.25. The molecule has 1 aromatic carbocycles. The molecule has 66 valence electrons. The van der Waals surface area contributed by atoms with Crippen molar-refractivity contribution in [1.82, 2.24) is 0 Å². The summed E-state index contributed by atoms with van der Waals surface area (Å²) in [6, 6.07) is 7.10. The molecule has 0 radical (unpaired) electrons. The Kier molecular flexibility index (Phi) is 3.11. The molecule has 3 nitrogen and oxygen atoms in total. The summed E-state index contributed by atoms with van der Waals surface area (Å²) in [5.41, 5.74) is 0.653. The zero-order chi connectivity index (χ0) is 9.14. The normalized spacial score (nSPS) is 10.2. The Bertz CT molecular complexity index is 343. The van der Waals surface area contributed by atoms with E-state index in [0.29, 0.717) is 5.69 Å². The summed E-state index contributed by atoms with van der Waals surface area (Å²) in [4.78, 5) is 0. The molecule has 0 bridgehead atoms. The summed E-state index contributed by atoms with van der Waals surface area (Å²) in [5, 5.41) is 0. The van der Waals surface area contributed by atoms with Gasteiger partial charge in [0.2, 0.25) is 10.9 Å². The van der Waals surface area contributed by atoms with Crippen molar-refractivity contribution < 1.29 is 8.42 Å². The molecule has 1 rings (SSSR count). The van der Waals surface area contributed by atoms with Crippen molar-refractivity contribution in [3.8, 4) is 0 Å². The van der Waals surface area contributed by atoms with Crippen LogP contribution in [0.15, 0.2) is 28.7 Å². The highest BCUT2D eigenvalue weighted by Crippen LogP contribution is 2.18. The van der Waals surface area contributed by atoms with Gasteiger partial charge >= 0.3 is 0 Å². The van der Waals surface area contributed by atoms with Crippen LogP contribution in [-0.4, -0.2) is 15.5 Å². The molecule has 0 fully saturated rings. The summed E-state index contributed by atoms with van der Waals surface area (Å²) in [6.45, 7) is 0. The Morgan fingerprint density at radius 3 is 2.58 bits per heavy atom. The van der Waals surface area contributed by atoms with Gasteiger partial charge in [-0.1, -0.05) is 22.0 Å². The zero-order valence-electron chi connectivity index (χ0n) is 6.40. The lowest BCUT2D eigenvalue weighted by atomic mass is 10.3. The Balaban J connectivity index is 3.03. The molecule has 0 amide bonds. The third kappa shape index (κ3) is 2.22. The lowest BCUT2D eigenvalue weighted by Crippen LogP contribution is -2.13. The van der Waals surface area contributed by atoms with E-state index in [9.17, 15) is 8.42 Å². The molecule has 0 N–H and O–H groups in total. The average molecular weight is 250 g/mol. The van der Waals surface area contributed by atoms with Gasteiger partial charge in [-0.25, -0.2) is 8.42 Å². The molecule has 0 aliphatic carbocycles. The van der Waals surface area contributed by atoms with Crippen molar-refractivity contribution >= 4 is 32.5 Å². The van der Waals surface area contributed by atoms with E-state index in [0.717, 1.165) is 4.47 Å². The van der Waals surface area contributed by atoms with E-state index >= 15 is 0 Å². The van der Waals surface area contributed by atoms with Gasteiger partial charge in [0.25, 0.3) is 0 Å². The number of halogens is 1. The van der Waals surface area contributed by atoms with Crippen LogP contribution in [0.3, 0.4) is 0 Å². The van der Waals surface area contributed by atoms with Crippen LogP contribution >= 0.6 is 15.9 Å². The summed E-state index contributed by atoms with van der Waals surface area (Å²) in [6.07, 6.45) is 0. The molecule has 0 unspecified atom stereocenters. The van der Waals surface area contributed by atoms with Gasteiger partial charge in [-0.2, -0.15) is 0 Å². The van der Waals surface area contributed by atoms with E-state index in [4.69, 9.17) is 0 Å². The van der Waals surface area contributed by atoms with Crippen LogP contribution in [0.5, 0.6) is 0 Å². The first-order valence-corrected chi connectivity index (χ1v) is 5.17. The molecule has 0 heterocycles. The number of anilines is 1. The van der Waals surface area contributed by atoms with Crippen LogP contribution in [-0.2, 0) is 10.9 Å². The van der Waals surface area contributed by atoms with E-state index < -0.39 is 10.9 Å². The first kappa shape index (κ1) is 9.54. The second kappa shape index (κ2) is 3.91. The van der Waals surface area contributed by atoms with E-state index in [-0.39, 0.29) is 0 Å². The third-order valence-electron chi connectivity index (χ3n) is 1.43. The van der Waals surface area contributed by atoms with Gasteiger partial charge in [-0.15, -0.1) is 0 Å². The molecule has 0 atom stereocenters. The lowest BCUT2D eigenvalue weighted by Gasteiger charge is -2.10. The fourth-order valence-corrected chi connectivity index (χ4v) is 1.47. The van der Waals surface area contributed by atoms with Gasteiger partial charge in [-0.3, -0.25) is 4.31 Å². The van der Waals surface area contributed by atoms with Crippen molar-refractivity contribution in [2.45, 2.75) is 0 Å². The van der Waals surface area contributed by atoms with Crippen molar-refractivity contribution in [1.29, 1.82) is 0 Å². The summed E-state index contributed by atoms with van der Waals surface area (Å²) in [7, 11) is -1.03. The van der Waals surface area contributed by atoms with Crippen LogP contribution in [0.25, 0.3) is 0 Å². The number of thiol groups is 1. The predicted molar refractivity (Wildman–Crippen MR) is 52.9 cm³/mol. The fourth-order valence-electron chi connectivity index (χ4n) is 0.772. The maximum Gasteiger partial charge on any atom is 0.224 e. The van der Waals surface area contributed by atoms with Crippen LogP contribution in [0.4, 0.5) is 5.69 Å². The fraction of sp³-hybridized carbons (Fsp3) is 0.143. The van der Waals surface area contributed by atoms with Crippen LogP contribution in [0.1, 0.15) is 0 Å². The topological polar surface area (TPSA) is 37.4 Å². The molecular formula is C7H8BrNO2S. The van der Waals surface area contributed by atoms with Crippen molar-refractivity contribution in [2.24, 2.45) is 0 Å². The van der Waals surface area contributed by atoms with Gasteiger partial charge in [-0.05, 0) is 18.2 Å². The van der Waals surface area contributed by atoms with E-state index in [1.54, 1.807) is 18.2 Å². The van der Waals surface area contributed by atoms with Gasteiger partial charge in [0.1, 0.15) is 0 Å². The number of hydrogen-bond acceptors (Lipinski definition) is 2. The van der Waals surface area contributed by atoms with E-state index in [1.165, 1.54) is 11.4 Å². The first-order chi connectivity index (χ1) is 5.61. The molecule has 0 aliphatic heterocycles. The van der Waals surface area contributed by atoms with Crippen LogP contribution < -0.4 is 4.31 Å². The van der Waals surface area contributed by atoms with Crippen LogP contribution in [0, 0.1) is 0 Å². The Morgan fingerprint density at radius 1 is 1.42 bits per heavy atom.